The number of halogens is 5. The Hall–Kier alpha value is -3.28. The zero-order chi connectivity index (χ0) is 29.2. The summed E-state index contributed by atoms with van der Waals surface area (Å²) in [7, 11) is 0. The highest BCUT2D eigenvalue weighted by Gasteiger charge is 2.57. The molecule has 0 radical (unpaired) electrons. The summed E-state index contributed by atoms with van der Waals surface area (Å²) in [5.74, 6) is -8.04. The lowest BCUT2D eigenvalue weighted by molar-refractivity contribution is -0.278. The number of allylic oxidation sites excluding steroid dienone is 3. The number of nitrogens with zero attached hydrogens (tertiary/aromatic N) is 1. The standard InChI is InChI=1S/C27H32F5N3O4/c1-16(2)39-14-13-35-20-12-8-7-10-18(20)17-9-5-6-11-19(17)21(22(35)36)34-24(38)25(3,4)23(37)33-15-26(28,29)27(30,31)32/h5-6,8-9,11-12,16,21H,7,10,13-15H2,1-4H3,(H,33,37)(H,34,38)/t21-/m0/s1. The third-order valence-corrected chi connectivity index (χ3v) is 6.61. The van der Waals surface area contributed by atoms with Crippen molar-refractivity contribution in [1.82, 2.24) is 15.5 Å². The van der Waals surface area contributed by atoms with E-state index in [1.54, 1.807) is 18.2 Å². The first-order chi connectivity index (χ1) is 18.1. The molecule has 0 spiro atoms. The van der Waals surface area contributed by atoms with Crippen molar-refractivity contribution in [3.8, 4) is 0 Å². The molecule has 1 heterocycles. The van der Waals surface area contributed by atoms with Crippen LogP contribution in [0.25, 0.3) is 5.57 Å². The summed E-state index contributed by atoms with van der Waals surface area (Å²) in [5, 5.41) is 4.08. The molecule has 1 aliphatic heterocycles. The number of carbonyl (C=O) groups excluding carboxylic acids is 3. The van der Waals surface area contributed by atoms with Crippen LogP contribution in [0.3, 0.4) is 0 Å². The summed E-state index contributed by atoms with van der Waals surface area (Å²) in [4.78, 5) is 41.3. The Kier molecular flexibility index (Phi) is 8.88. The third-order valence-electron chi connectivity index (χ3n) is 6.61. The maximum absolute atomic E-state index is 13.9. The lowest BCUT2D eigenvalue weighted by Gasteiger charge is -2.30. The van der Waals surface area contributed by atoms with Gasteiger partial charge in [0.15, 0.2) is 0 Å². The Morgan fingerprint density at radius 3 is 2.41 bits per heavy atom. The molecule has 0 aromatic heterocycles. The van der Waals surface area contributed by atoms with Gasteiger partial charge in [-0.1, -0.05) is 30.3 Å². The Morgan fingerprint density at radius 1 is 1.10 bits per heavy atom. The quantitative estimate of drug-likeness (QED) is 0.346. The van der Waals surface area contributed by atoms with Gasteiger partial charge in [0, 0.05) is 12.2 Å². The van der Waals surface area contributed by atoms with Crippen molar-refractivity contribution in [3.63, 3.8) is 0 Å². The minimum absolute atomic E-state index is 0.0841. The van der Waals surface area contributed by atoms with E-state index in [2.05, 4.69) is 5.32 Å². The fourth-order valence-electron chi connectivity index (χ4n) is 4.28. The van der Waals surface area contributed by atoms with E-state index >= 15 is 0 Å². The molecule has 1 aliphatic carbocycles. The Balaban J connectivity index is 1.91. The average Bonchev–Trinajstić information content (AvgIpc) is 2.95. The van der Waals surface area contributed by atoms with Gasteiger partial charge in [0.1, 0.15) is 11.5 Å². The van der Waals surface area contributed by atoms with Crippen molar-refractivity contribution in [2.75, 3.05) is 19.7 Å². The first kappa shape index (κ1) is 30.3. The molecule has 2 N–H and O–H groups in total. The molecule has 3 rings (SSSR count). The maximum atomic E-state index is 13.9. The molecule has 12 heteroatoms. The fraction of sp³-hybridized carbons (Fsp3) is 0.519. The Bertz CT molecular complexity index is 1170. The van der Waals surface area contributed by atoms with E-state index in [0.29, 0.717) is 17.7 Å². The number of nitrogens with one attached hydrogen (secondary N) is 2. The van der Waals surface area contributed by atoms with Crippen molar-refractivity contribution in [1.29, 1.82) is 0 Å². The monoisotopic (exact) mass is 557 g/mol. The highest BCUT2D eigenvalue weighted by atomic mass is 19.4. The van der Waals surface area contributed by atoms with Gasteiger partial charge >= 0.3 is 12.1 Å². The molecule has 0 saturated heterocycles. The van der Waals surface area contributed by atoms with Crippen LogP contribution in [-0.4, -0.2) is 60.5 Å². The summed E-state index contributed by atoms with van der Waals surface area (Å²) < 4.78 is 69.9. The number of amides is 3. The smallest absolute Gasteiger partial charge is 0.377 e. The number of alkyl halides is 5. The number of ether oxygens (including phenoxy) is 1. The molecule has 1 aromatic carbocycles. The molecule has 0 saturated carbocycles. The summed E-state index contributed by atoms with van der Waals surface area (Å²) in [6, 6.07) is 5.73. The third kappa shape index (κ3) is 6.48. The highest BCUT2D eigenvalue weighted by molar-refractivity contribution is 6.06. The lowest BCUT2D eigenvalue weighted by atomic mass is 9.88. The lowest BCUT2D eigenvalue weighted by Crippen LogP contribution is -2.54. The molecule has 3 amide bonds. The second-order valence-electron chi connectivity index (χ2n) is 10.2. The van der Waals surface area contributed by atoms with Crippen molar-refractivity contribution in [2.45, 2.75) is 64.8 Å². The number of fused-ring (bicyclic) bond motifs is 2. The second-order valence-corrected chi connectivity index (χ2v) is 10.2. The average molecular weight is 558 g/mol. The normalized spacial score (nSPS) is 18.1. The van der Waals surface area contributed by atoms with Crippen molar-refractivity contribution in [2.24, 2.45) is 5.41 Å². The van der Waals surface area contributed by atoms with E-state index in [1.807, 2.05) is 32.1 Å². The Labute approximate surface area is 223 Å². The number of hydrogen-bond donors (Lipinski definition) is 2. The van der Waals surface area contributed by atoms with E-state index in [1.165, 1.54) is 10.2 Å². The van der Waals surface area contributed by atoms with Crippen LogP contribution in [0.15, 0.2) is 42.1 Å². The number of carbonyl (C=O) groups is 3. The van der Waals surface area contributed by atoms with Crippen LogP contribution in [0.5, 0.6) is 0 Å². The predicted molar refractivity (Wildman–Crippen MR) is 133 cm³/mol. The molecule has 2 aliphatic rings. The molecular formula is C27H32F5N3O4. The van der Waals surface area contributed by atoms with Crippen LogP contribution in [0.1, 0.15) is 57.7 Å². The van der Waals surface area contributed by atoms with Gasteiger partial charge in [0.2, 0.25) is 11.8 Å². The van der Waals surface area contributed by atoms with Gasteiger partial charge in [-0.15, -0.1) is 0 Å². The van der Waals surface area contributed by atoms with E-state index in [4.69, 9.17) is 4.74 Å². The van der Waals surface area contributed by atoms with Gasteiger partial charge in [0.05, 0.1) is 19.3 Å². The van der Waals surface area contributed by atoms with Crippen LogP contribution in [-0.2, 0) is 19.1 Å². The van der Waals surface area contributed by atoms with Crippen LogP contribution in [0, 0.1) is 5.41 Å². The van der Waals surface area contributed by atoms with Crippen molar-refractivity contribution in [3.05, 3.63) is 53.2 Å². The number of hydrogen-bond acceptors (Lipinski definition) is 4. The SMILES string of the molecule is CC(C)OCCN1C(=O)[C@@H](NC(=O)C(C)(C)C(=O)NCC(F)(F)C(F)(F)F)c2ccccc2C2=C1C=CCC2. The number of benzene rings is 1. The van der Waals surface area contributed by atoms with Crippen LogP contribution < -0.4 is 10.6 Å². The molecule has 0 unspecified atom stereocenters. The molecule has 0 fully saturated rings. The predicted octanol–water partition coefficient (Wildman–Crippen LogP) is 4.51. The van der Waals surface area contributed by atoms with Gasteiger partial charge in [-0.3, -0.25) is 14.4 Å². The molecule has 0 bridgehead atoms. The molecule has 39 heavy (non-hydrogen) atoms. The molecule has 1 aromatic rings. The van der Waals surface area contributed by atoms with E-state index in [9.17, 15) is 36.3 Å². The van der Waals surface area contributed by atoms with Gasteiger partial charge in [-0.05, 0) is 63.3 Å². The van der Waals surface area contributed by atoms with Crippen LogP contribution >= 0.6 is 0 Å². The zero-order valence-electron chi connectivity index (χ0n) is 22.1. The van der Waals surface area contributed by atoms with E-state index in [0.717, 1.165) is 31.4 Å². The van der Waals surface area contributed by atoms with Crippen molar-refractivity contribution >= 4 is 23.3 Å². The van der Waals surface area contributed by atoms with E-state index in [-0.39, 0.29) is 19.3 Å². The topological polar surface area (TPSA) is 87.7 Å². The highest BCUT2D eigenvalue weighted by Crippen LogP contribution is 2.39. The van der Waals surface area contributed by atoms with Gasteiger partial charge in [-0.2, -0.15) is 22.0 Å². The molecule has 7 nitrogen and oxygen atoms in total. The molecular weight excluding hydrogens is 525 g/mol. The fourth-order valence-corrected chi connectivity index (χ4v) is 4.28. The van der Waals surface area contributed by atoms with Gasteiger partial charge in [0.25, 0.3) is 5.91 Å². The maximum Gasteiger partial charge on any atom is 0.455 e. The minimum Gasteiger partial charge on any atom is -0.377 e. The Morgan fingerprint density at radius 2 is 1.77 bits per heavy atom. The van der Waals surface area contributed by atoms with Crippen molar-refractivity contribution < 1.29 is 41.1 Å². The molecule has 1 atom stereocenters. The summed E-state index contributed by atoms with van der Waals surface area (Å²) in [6.07, 6.45) is -0.796. The zero-order valence-corrected chi connectivity index (χ0v) is 22.1. The minimum atomic E-state index is -5.87. The van der Waals surface area contributed by atoms with Gasteiger partial charge < -0.3 is 20.3 Å². The summed E-state index contributed by atoms with van der Waals surface area (Å²) in [6.45, 7) is 4.23. The summed E-state index contributed by atoms with van der Waals surface area (Å²) in [5.41, 5.74) is 0.686. The first-order valence-corrected chi connectivity index (χ1v) is 12.5. The number of rotatable bonds is 9. The van der Waals surface area contributed by atoms with Crippen LogP contribution in [0.2, 0.25) is 0 Å². The largest absolute Gasteiger partial charge is 0.455 e. The van der Waals surface area contributed by atoms with E-state index < -0.39 is 47.8 Å². The van der Waals surface area contributed by atoms with Gasteiger partial charge in [-0.25, -0.2) is 0 Å². The molecule has 214 valence electrons. The second kappa shape index (κ2) is 11.4. The first-order valence-electron chi connectivity index (χ1n) is 12.5. The summed E-state index contributed by atoms with van der Waals surface area (Å²) >= 11 is 0. The van der Waals surface area contributed by atoms with Crippen LogP contribution in [0.4, 0.5) is 22.0 Å².